The summed E-state index contributed by atoms with van der Waals surface area (Å²) in [6, 6.07) is 9.25. The monoisotopic (exact) mass is 256 g/mol. The molecule has 0 spiro atoms. The number of benzene rings is 1. The Hall–Kier alpha value is -2.36. The van der Waals surface area contributed by atoms with E-state index in [0.29, 0.717) is 23.5 Å². The SMILES string of the molecule is CC(C)c1ccc(NC(=O)c2cc(C=O)c[nH]2)cc1. The Morgan fingerprint density at radius 2 is 1.95 bits per heavy atom. The Morgan fingerprint density at radius 3 is 2.47 bits per heavy atom. The van der Waals surface area contributed by atoms with Crippen LogP contribution < -0.4 is 5.32 Å². The van der Waals surface area contributed by atoms with E-state index in [1.807, 2.05) is 24.3 Å². The summed E-state index contributed by atoms with van der Waals surface area (Å²) in [5.41, 5.74) is 2.79. The largest absolute Gasteiger partial charge is 0.356 e. The molecule has 1 heterocycles. The molecule has 2 rings (SSSR count). The summed E-state index contributed by atoms with van der Waals surface area (Å²) in [7, 11) is 0. The summed E-state index contributed by atoms with van der Waals surface area (Å²) in [6.45, 7) is 4.24. The van der Waals surface area contributed by atoms with Crippen molar-refractivity contribution in [2.45, 2.75) is 19.8 Å². The third-order valence-electron chi connectivity index (χ3n) is 2.92. The molecule has 0 atom stereocenters. The molecule has 4 nitrogen and oxygen atoms in total. The lowest BCUT2D eigenvalue weighted by Crippen LogP contribution is -2.12. The molecule has 1 aromatic carbocycles. The lowest BCUT2D eigenvalue weighted by Gasteiger charge is -2.07. The normalized spacial score (nSPS) is 10.5. The van der Waals surface area contributed by atoms with Gasteiger partial charge in [-0.2, -0.15) is 0 Å². The van der Waals surface area contributed by atoms with Crippen molar-refractivity contribution in [2.75, 3.05) is 5.32 Å². The number of aromatic nitrogens is 1. The molecule has 19 heavy (non-hydrogen) atoms. The van der Waals surface area contributed by atoms with E-state index in [1.54, 1.807) is 0 Å². The summed E-state index contributed by atoms with van der Waals surface area (Å²) in [5.74, 6) is 0.203. The molecule has 98 valence electrons. The van der Waals surface area contributed by atoms with Crippen molar-refractivity contribution in [3.63, 3.8) is 0 Å². The Morgan fingerprint density at radius 1 is 1.26 bits per heavy atom. The van der Waals surface area contributed by atoms with Crippen molar-refractivity contribution < 1.29 is 9.59 Å². The van der Waals surface area contributed by atoms with Gasteiger partial charge in [0, 0.05) is 17.4 Å². The highest BCUT2D eigenvalue weighted by atomic mass is 16.1. The second-order valence-electron chi connectivity index (χ2n) is 4.70. The van der Waals surface area contributed by atoms with Crippen molar-refractivity contribution in [3.05, 3.63) is 53.3 Å². The number of anilines is 1. The lowest BCUT2D eigenvalue weighted by molar-refractivity contribution is 0.102. The second-order valence-corrected chi connectivity index (χ2v) is 4.70. The third kappa shape index (κ3) is 3.10. The molecule has 0 aliphatic carbocycles. The topological polar surface area (TPSA) is 62.0 Å². The maximum Gasteiger partial charge on any atom is 0.272 e. The van der Waals surface area contributed by atoms with Crippen LogP contribution in [0.4, 0.5) is 5.69 Å². The molecule has 2 aromatic rings. The van der Waals surface area contributed by atoms with Crippen LogP contribution in [0.5, 0.6) is 0 Å². The number of carbonyl (C=O) groups is 2. The first-order chi connectivity index (χ1) is 9.10. The zero-order valence-electron chi connectivity index (χ0n) is 10.9. The van der Waals surface area contributed by atoms with E-state index in [9.17, 15) is 9.59 Å². The first kappa shape index (κ1) is 13.1. The van der Waals surface area contributed by atoms with Crippen molar-refractivity contribution >= 4 is 17.9 Å². The van der Waals surface area contributed by atoms with Crippen LogP contribution in [0.1, 0.15) is 46.2 Å². The van der Waals surface area contributed by atoms with E-state index in [2.05, 4.69) is 24.1 Å². The van der Waals surface area contributed by atoms with Crippen LogP contribution in [0.2, 0.25) is 0 Å². The highest BCUT2D eigenvalue weighted by Gasteiger charge is 2.08. The Labute approximate surface area is 111 Å². The van der Waals surface area contributed by atoms with Gasteiger partial charge in [-0.25, -0.2) is 0 Å². The standard InChI is InChI=1S/C15H16N2O2/c1-10(2)12-3-5-13(6-4-12)17-15(19)14-7-11(9-18)8-16-14/h3-10,16H,1-2H3,(H,17,19). The zero-order valence-corrected chi connectivity index (χ0v) is 10.9. The Balaban J connectivity index is 2.08. The Kier molecular flexibility index (Phi) is 3.80. The third-order valence-corrected chi connectivity index (χ3v) is 2.92. The number of rotatable bonds is 4. The highest BCUT2D eigenvalue weighted by Crippen LogP contribution is 2.17. The van der Waals surface area contributed by atoms with Gasteiger partial charge in [-0.3, -0.25) is 9.59 Å². The molecule has 0 unspecified atom stereocenters. The molecule has 1 amide bonds. The second kappa shape index (κ2) is 5.52. The number of H-pyrrole nitrogens is 1. The number of amides is 1. The molecule has 1 aromatic heterocycles. The molecule has 4 heteroatoms. The summed E-state index contributed by atoms with van der Waals surface area (Å²) < 4.78 is 0. The van der Waals surface area contributed by atoms with E-state index in [1.165, 1.54) is 17.8 Å². The number of carbonyl (C=O) groups excluding carboxylic acids is 2. The maximum absolute atomic E-state index is 11.9. The van der Waals surface area contributed by atoms with Crippen molar-refractivity contribution in [1.82, 2.24) is 4.98 Å². The van der Waals surface area contributed by atoms with Gasteiger partial charge in [0.25, 0.3) is 5.91 Å². The minimum absolute atomic E-state index is 0.259. The minimum atomic E-state index is -0.259. The number of aromatic amines is 1. The summed E-state index contributed by atoms with van der Waals surface area (Å²) in [5, 5.41) is 2.78. The van der Waals surface area contributed by atoms with Gasteiger partial charge >= 0.3 is 0 Å². The summed E-state index contributed by atoms with van der Waals surface area (Å²) in [6.07, 6.45) is 2.20. The van der Waals surface area contributed by atoms with Gasteiger partial charge in [-0.1, -0.05) is 26.0 Å². The van der Waals surface area contributed by atoms with Crippen molar-refractivity contribution in [1.29, 1.82) is 0 Å². The fraction of sp³-hybridized carbons (Fsp3) is 0.200. The van der Waals surface area contributed by atoms with Crippen LogP contribution in [0.3, 0.4) is 0 Å². The van der Waals surface area contributed by atoms with Crippen LogP contribution in [0.25, 0.3) is 0 Å². The first-order valence-corrected chi connectivity index (χ1v) is 6.15. The number of aldehydes is 1. The molecule has 0 saturated heterocycles. The molecule has 0 bridgehead atoms. The molecule has 0 saturated carbocycles. The molecule has 0 aliphatic rings. The van der Waals surface area contributed by atoms with Gasteiger partial charge in [-0.05, 0) is 29.7 Å². The predicted molar refractivity (Wildman–Crippen MR) is 74.7 cm³/mol. The highest BCUT2D eigenvalue weighted by molar-refractivity contribution is 6.03. The van der Waals surface area contributed by atoms with E-state index in [4.69, 9.17) is 0 Å². The van der Waals surface area contributed by atoms with E-state index < -0.39 is 0 Å². The fourth-order valence-electron chi connectivity index (χ4n) is 1.76. The molecular weight excluding hydrogens is 240 g/mol. The van der Waals surface area contributed by atoms with Gasteiger partial charge in [0.2, 0.25) is 0 Å². The summed E-state index contributed by atoms with van der Waals surface area (Å²) in [4.78, 5) is 25.2. The lowest BCUT2D eigenvalue weighted by atomic mass is 10.0. The van der Waals surface area contributed by atoms with Gasteiger partial charge < -0.3 is 10.3 Å². The number of nitrogens with one attached hydrogen (secondary N) is 2. The first-order valence-electron chi connectivity index (χ1n) is 6.15. The van der Waals surface area contributed by atoms with E-state index >= 15 is 0 Å². The van der Waals surface area contributed by atoms with Crippen LogP contribution in [-0.2, 0) is 0 Å². The van der Waals surface area contributed by atoms with Crippen LogP contribution in [0.15, 0.2) is 36.5 Å². The van der Waals surface area contributed by atoms with Crippen LogP contribution in [0, 0.1) is 0 Å². The van der Waals surface area contributed by atoms with E-state index in [0.717, 1.165) is 5.69 Å². The van der Waals surface area contributed by atoms with Gasteiger partial charge in [-0.15, -0.1) is 0 Å². The smallest absolute Gasteiger partial charge is 0.272 e. The number of hydrogen-bond acceptors (Lipinski definition) is 2. The van der Waals surface area contributed by atoms with E-state index in [-0.39, 0.29) is 5.91 Å². The fourth-order valence-corrected chi connectivity index (χ4v) is 1.76. The number of hydrogen-bond donors (Lipinski definition) is 2. The molecule has 0 fully saturated rings. The maximum atomic E-state index is 11.9. The molecule has 0 aliphatic heterocycles. The van der Waals surface area contributed by atoms with Gasteiger partial charge in [0.05, 0.1) is 0 Å². The van der Waals surface area contributed by atoms with Crippen molar-refractivity contribution in [3.8, 4) is 0 Å². The van der Waals surface area contributed by atoms with Crippen LogP contribution in [-0.4, -0.2) is 17.2 Å². The quantitative estimate of drug-likeness (QED) is 0.825. The average Bonchev–Trinajstić information content (AvgIpc) is 2.88. The Bertz CT molecular complexity index is 582. The molecule has 2 N–H and O–H groups in total. The minimum Gasteiger partial charge on any atom is -0.356 e. The average molecular weight is 256 g/mol. The predicted octanol–water partition coefficient (Wildman–Crippen LogP) is 3.20. The summed E-state index contributed by atoms with van der Waals surface area (Å²) >= 11 is 0. The molecule has 0 radical (unpaired) electrons. The van der Waals surface area contributed by atoms with Crippen molar-refractivity contribution in [2.24, 2.45) is 0 Å². The van der Waals surface area contributed by atoms with Crippen LogP contribution >= 0.6 is 0 Å². The zero-order chi connectivity index (χ0) is 13.8. The van der Waals surface area contributed by atoms with Gasteiger partial charge in [0.15, 0.2) is 6.29 Å². The molecular formula is C15H16N2O2. The van der Waals surface area contributed by atoms with Gasteiger partial charge in [0.1, 0.15) is 5.69 Å².